The molecule has 2 aliphatic heterocycles. The third-order valence-electron chi connectivity index (χ3n) is 3.06. The first-order valence-electron chi connectivity index (χ1n) is 5.99. The van der Waals surface area contributed by atoms with E-state index in [-0.39, 0.29) is 12.1 Å². The molecule has 2 bridgehead atoms. The lowest BCUT2D eigenvalue weighted by molar-refractivity contribution is -0.146. The average Bonchev–Trinajstić information content (AvgIpc) is 2.39. The average molecular weight is 245 g/mol. The topological polar surface area (TPSA) is 44.8 Å². The molecular weight excluding hydrogens is 230 g/mol. The molecule has 0 aromatic heterocycles. The highest BCUT2D eigenvalue weighted by Crippen LogP contribution is 2.19. The van der Waals surface area contributed by atoms with Crippen molar-refractivity contribution in [1.29, 1.82) is 0 Å². The number of amides is 2. The van der Waals surface area contributed by atoms with Crippen molar-refractivity contribution >= 4 is 11.7 Å². The Bertz CT molecular complexity index is 461. The number of rotatable bonds is 1. The quantitative estimate of drug-likeness (QED) is 0.765. The second-order valence-electron chi connectivity index (χ2n) is 4.33. The van der Waals surface area contributed by atoms with Crippen LogP contribution in [0.15, 0.2) is 42.5 Å². The van der Waals surface area contributed by atoms with Gasteiger partial charge in [-0.25, -0.2) is 9.80 Å². The maximum Gasteiger partial charge on any atom is 0.337 e. The molecule has 5 nitrogen and oxygen atoms in total. The van der Waals surface area contributed by atoms with E-state index >= 15 is 0 Å². The minimum atomic E-state index is -0.112. The van der Waals surface area contributed by atoms with Crippen molar-refractivity contribution in [3.8, 4) is 0 Å². The van der Waals surface area contributed by atoms with Gasteiger partial charge in [0.15, 0.2) is 0 Å². The summed E-state index contributed by atoms with van der Waals surface area (Å²) in [7, 11) is 0. The van der Waals surface area contributed by atoms with Gasteiger partial charge in [0, 0.05) is 12.2 Å². The molecule has 2 amide bonds. The Hall–Kier alpha value is -1.85. The van der Waals surface area contributed by atoms with E-state index in [1.54, 1.807) is 5.01 Å². The Labute approximate surface area is 106 Å². The molecule has 2 aliphatic rings. The van der Waals surface area contributed by atoms with Gasteiger partial charge in [-0.15, -0.1) is 0 Å². The van der Waals surface area contributed by atoms with E-state index in [2.05, 4.69) is 11.4 Å². The van der Waals surface area contributed by atoms with Crippen LogP contribution >= 0.6 is 0 Å². The molecule has 0 aliphatic carbocycles. The Morgan fingerprint density at radius 1 is 1.33 bits per heavy atom. The van der Waals surface area contributed by atoms with Gasteiger partial charge in [-0.05, 0) is 12.1 Å². The third kappa shape index (κ3) is 2.10. The third-order valence-corrected chi connectivity index (χ3v) is 3.06. The van der Waals surface area contributed by atoms with Gasteiger partial charge < -0.3 is 10.1 Å². The van der Waals surface area contributed by atoms with Crippen LogP contribution < -0.4 is 5.32 Å². The Morgan fingerprint density at radius 2 is 2.17 bits per heavy atom. The smallest absolute Gasteiger partial charge is 0.337 e. The minimum absolute atomic E-state index is 0.00351. The summed E-state index contributed by atoms with van der Waals surface area (Å²) in [5.74, 6) is 0. The molecule has 1 fully saturated rings. The predicted octanol–water partition coefficient (Wildman–Crippen LogP) is 1.66. The van der Waals surface area contributed by atoms with Crippen LogP contribution in [0.2, 0.25) is 0 Å². The van der Waals surface area contributed by atoms with Crippen molar-refractivity contribution in [3.05, 3.63) is 42.5 Å². The van der Waals surface area contributed by atoms with Gasteiger partial charge in [-0.3, -0.25) is 0 Å². The number of urea groups is 1. The highest BCUT2D eigenvalue weighted by atomic mass is 16.5. The van der Waals surface area contributed by atoms with Crippen molar-refractivity contribution in [2.75, 3.05) is 25.2 Å². The van der Waals surface area contributed by atoms with Crippen LogP contribution in [-0.4, -0.2) is 42.0 Å². The van der Waals surface area contributed by atoms with E-state index in [1.165, 1.54) is 0 Å². The fourth-order valence-corrected chi connectivity index (χ4v) is 2.22. The van der Waals surface area contributed by atoms with Crippen LogP contribution in [0.3, 0.4) is 0 Å². The lowest BCUT2D eigenvalue weighted by Gasteiger charge is -2.44. The minimum Gasteiger partial charge on any atom is -0.362 e. The summed E-state index contributed by atoms with van der Waals surface area (Å²) in [6.07, 6.45) is 4.08. The summed E-state index contributed by atoms with van der Waals surface area (Å²) in [5.41, 5.74) is 0.803. The van der Waals surface area contributed by atoms with Crippen LogP contribution in [0.4, 0.5) is 10.5 Å². The number of para-hydroxylation sites is 1. The molecule has 0 spiro atoms. The molecular formula is C13H15N3O2. The molecule has 3 rings (SSSR count). The van der Waals surface area contributed by atoms with E-state index in [0.717, 1.165) is 5.69 Å². The van der Waals surface area contributed by atoms with Gasteiger partial charge in [-0.1, -0.05) is 30.4 Å². The molecule has 1 aromatic carbocycles. The molecule has 1 unspecified atom stereocenters. The van der Waals surface area contributed by atoms with Crippen molar-refractivity contribution in [3.63, 3.8) is 0 Å². The second kappa shape index (κ2) is 4.80. The fraction of sp³-hybridized carbons (Fsp3) is 0.308. The summed E-state index contributed by atoms with van der Waals surface area (Å²) in [4.78, 5) is 12.3. The van der Waals surface area contributed by atoms with Gasteiger partial charge in [0.2, 0.25) is 0 Å². The summed E-state index contributed by atoms with van der Waals surface area (Å²) >= 11 is 0. The molecule has 0 saturated carbocycles. The van der Waals surface area contributed by atoms with E-state index < -0.39 is 0 Å². The van der Waals surface area contributed by atoms with Crippen LogP contribution in [0, 0.1) is 0 Å². The zero-order chi connectivity index (χ0) is 12.4. The Balaban J connectivity index is 1.74. The zero-order valence-corrected chi connectivity index (χ0v) is 9.95. The van der Waals surface area contributed by atoms with Gasteiger partial charge in [-0.2, -0.15) is 5.01 Å². The number of hydrogen-bond acceptors (Lipinski definition) is 3. The summed E-state index contributed by atoms with van der Waals surface area (Å²) in [5, 5.41) is 6.52. The standard InChI is InChI=1S/C13H15N3O2/c17-13(14-11-5-2-1-3-6-11)16-12-7-4-8-15(16)10-18-9-12/h1-7,12H,8-10H2,(H,14,17)/t12-/m0/s1. The van der Waals surface area contributed by atoms with Crippen LogP contribution in [0.25, 0.3) is 0 Å². The van der Waals surface area contributed by atoms with Crippen molar-refractivity contribution < 1.29 is 9.53 Å². The number of nitrogens with one attached hydrogen (secondary N) is 1. The van der Waals surface area contributed by atoms with Gasteiger partial charge in [0.05, 0.1) is 12.6 Å². The maximum absolute atomic E-state index is 12.3. The number of hydrazine groups is 1. The number of hydrogen-bond donors (Lipinski definition) is 1. The SMILES string of the molecule is O=C(Nc1ccccc1)N1[C@H]2C=CCN1COC2. The lowest BCUT2D eigenvalue weighted by atomic mass is 10.2. The number of anilines is 1. The Morgan fingerprint density at radius 3 is 2.94 bits per heavy atom. The molecule has 2 heterocycles. The molecule has 0 radical (unpaired) electrons. The fourth-order valence-electron chi connectivity index (χ4n) is 2.22. The number of carbonyl (C=O) groups excluding carboxylic acids is 1. The highest BCUT2D eigenvalue weighted by Gasteiger charge is 2.33. The Kier molecular flexibility index (Phi) is 3.00. The van der Waals surface area contributed by atoms with E-state index in [1.807, 2.05) is 41.4 Å². The zero-order valence-electron chi connectivity index (χ0n) is 9.95. The molecule has 1 N–H and O–H groups in total. The molecule has 18 heavy (non-hydrogen) atoms. The monoisotopic (exact) mass is 245 g/mol. The van der Waals surface area contributed by atoms with E-state index in [4.69, 9.17) is 4.74 Å². The molecule has 1 saturated heterocycles. The number of ether oxygens (including phenoxy) is 1. The predicted molar refractivity (Wildman–Crippen MR) is 67.8 cm³/mol. The van der Waals surface area contributed by atoms with Crippen molar-refractivity contribution in [2.45, 2.75) is 6.04 Å². The first-order valence-corrected chi connectivity index (χ1v) is 5.99. The normalized spacial score (nSPS) is 25.9. The van der Waals surface area contributed by atoms with Crippen LogP contribution in [0.5, 0.6) is 0 Å². The summed E-state index contributed by atoms with van der Waals surface area (Å²) < 4.78 is 5.42. The van der Waals surface area contributed by atoms with Gasteiger partial charge >= 0.3 is 6.03 Å². The van der Waals surface area contributed by atoms with E-state index in [9.17, 15) is 4.79 Å². The van der Waals surface area contributed by atoms with Crippen molar-refractivity contribution in [2.24, 2.45) is 0 Å². The summed E-state index contributed by atoms with van der Waals surface area (Å²) in [6.45, 7) is 1.72. The highest BCUT2D eigenvalue weighted by molar-refractivity contribution is 5.89. The first-order chi connectivity index (χ1) is 8.84. The second-order valence-corrected chi connectivity index (χ2v) is 4.33. The van der Waals surface area contributed by atoms with Gasteiger partial charge in [0.25, 0.3) is 0 Å². The molecule has 94 valence electrons. The number of fused-ring (bicyclic) bond motifs is 2. The molecule has 2 atom stereocenters. The number of nitrogens with zero attached hydrogens (tertiary/aromatic N) is 2. The number of carbonyl (C=O) groups is 1. The van der Waals surface area contributed by atoms with E-state index in [0.29, 0.717) is 19.9 Å². The van der Waals surface area contributed by atoms with Crippen molar-refractivity contribution in [1.82, 2.24) is 10.0 Å². The first kappa shape index (κ1) is 11.3. The van der Waals surface area contributed by atoms with Gasteiger partial charge in [0.1, 0.15) is 6.73 Å². The lowest BCUT2D eigenvalue weighted by Crippen LogP contribution is -2.60. The molecule has 5 heteroatoms. The maximum atomic E-state index is 12.3. The number of benzene rings is 1. The van der Waals surface area contributed by atoms with Crippen LogP contribution in [-0.2, 0) is 4.74 Å². The summed E-state index contributed by atoms with van der Waals surface area (Å²) in [6, 6.07) is 9.35. The largest absolute Gasteiger partial charge is 0.362 e. The van der Waals surface area contributed by atoms with Crippen LogP contribution in [0.1, 0.15) is 0 Å². The molecule has 1 aromatic rings.